The quantitative estimate of drug-likeness (QED) is 0.0393. The highest BCUT2D eigenvalue weighted by Gasteiger charge is 2.14. The second-order valence-corrected chi connectivity index (χ2v) is 13.5. The average molecular weight is 800 g/mol. The Balaban J connectivity index is 1.14. The number of nitrogens with zero attached hydrogens (tertiary/aromatic N) is 1. The summed E-state index contributed by atoms with van der Waals surface area (Å²) in [5.41, 5.74) is 10.3. The van der Waals surface area contributed by atoms with Crippen molar-refractivity contribution in [3.05, 3.63) is 96.6 Å². The first-order valence-electron chi connectivity index (χ1n) is 20.5. The molecule has 0 saturated heterocycles. The number of rotatable bonds is 31. The van der Waals surface area contributed by atoms with Gasteiger partial charge in [-0.3, -0.25) is 9.59 Å². The first-order chi connectivity index (χ1) is 28.6. The molecule has 0 aliphatic heterocycles. The molecule has 0 fully saturated rings. The first kappa shape index (κ1) is 45.7. The number of unbranched alkanes of at least 4 members (excludes halogenated alkanes) is 2. The number of methoxy groups -OCH3 is 1. The van der Waals surface area contributed by atoms with Crippen molar-refractivity contribution in [1.82, 2.24) is 10.3 Å². The van der Waals surface area contributed by atoms with Gasteiger partial charge < -0.3 is 44.2 Å². The van der Waals surface area contributed by atoms with Crippen LogP contribution in [0.1, 0.15) is 56.9 Å². The van der Waals surface area contributed by atoms with E-state index in [2.05, 4.69) is 35.6 Å². The zero-order valence-corrected chi connectivity index (χ0v) is 34.0. The summed E-state index contributed by atoms with van der Waals surface area (Å²) in [4.78, 5) is 29.2. The van der Waals surface area contributed by atoms with Crippen LogP contribution in [0.15, 0.2) is 91.0 Å². The SMILES string of the molecule is COC(=O)CCc1c(OCCCCCOc2cc(-c3ccccc3)cc(-c3ccccc3)n2)cccc1OCCCC(=O)NCCCOCCOCCOCCCN. The van der Waals surface area contributed by atoms with E-state index in [4.69, 9.17) is 43.9 Å². The predicted molar refractivity (Wildman–Crippen MR) is 225 cm³/mol. The lowest BCUT2D eigenvalue weighted by atomic mass is 10.0. The zero-order chi connectivity index (χ0) is 40.9. The molecule has 12 nitrogen and oxygen atoms in total. The van der Waals surface area contributed by atoms with Gasteiger partial charge in [0.2, 0.25) is 11.8 Å². The van der Waals surface area contributed by atoms with Gasteiger partial charge in [0, 0.05) is 49.8 Å². The molecule has 0 spiro atoms. The van der Waals surface area contributed by atoms with Crippen LogP contribution in [0.3, 0.4) is 0 Å². The Morgan fingerprint density at radius 1 is 0.586 bits per heavy atom. The number of hydrogen-bond donors (Lipinski definition) is 2. The van der Waals surface area contributed by atoms with Crippen LogP contribution in [0.4, 0.5) is 0 Å². The van der Waals surface area contributed by atoms with Crippen molar-refractivity contribution in [2.75, 3.05) is 79.7 Å². The molecule has 3 N–H and O–H groups in total. The van der Waals surface area contributed by atoms with Crippen LogP contribution in [0.25, 0.3) is 22.4 Å². The Hall–Kier alpha value is -5.01. The van der Waals surface area contributed by atoms with Gasteiger partial charge in [-0.25, -0.2) is 4.98 Å². The van der Waals surface area contributed by atoms with E-state index in [0.29, 0.717) is 116 Å². The second-order valence-electron chi connectivity index (χ2n) is 13.5. The molecule has 0 saturated carbocycles. The summed E-state index contributed by atoms with van der Waals surface area (Å²) in [6, 6.07) is 30.1. The highest BCUT2D eigenvalue weighted by Crippen LogP contribution is 2.31. The van der Waals surface area contributed by atoms with Crippen LogP contribution in [-0.4, -0.2) is 96.5 Å². The maximum Gasteiger partial charge on any atom is 0.305 e. The lowest BCUT2D eigenvalue weighted by Crippen LogP contribution is -2.25. The molecule has 0 atom stereocenters. The van der Waals surface area contributed by atoms with Gasteiger partial charge >= 0.3 is 5.97 Å². The van der Waals surface area contributed by atoms with Crippen molar-refractivity contribution >= 4 is 11.9 Å². The maximum absolute atomic E-state index is 12.4. The fourth-order valence-corrected chi connectivity index (χ4v) is 5.90. The third-order valence-electron chi connectivity index (χ3n) is 9.00. The van der Waals surface area contributed by atoms with Gasteiger partial charge in [0.1, 0.15) is 11.5 Å². The number of carbonyl (C=O) groups excluding carboxylic acids is 2. The van der Waals surface area contributed by atoms with E-state index in [1.807, 2.05) is 60.7 Å². The van der Waals surface area contributed by atoms with Gasteiger partial charge in [-0.05, 0) is 80.8 Å². The van der Waals surface area contributed by atoms with Crippen molar-refractivity contribution in [3.63, 3.8) is 0 Å². The number of nitrogens with one attached hydrogen (secondary N) is 1. The molecule has 1 amide bonds. The number of carbonyl (C=O) groups is 2. The summed E-state index contributed by atoms with van der Waals surface area (Å²) in [7, 11) is 1.38. The van der Waals surface area contributed by atoms with E-state index in [9.17, 15) is 9.59 Å². The Bertz CT molecular complexity index is 1670. The summed E-state index contributed by atoms with van der Waals surface area (Å²) in [6.07, 6.45) is 5.59. The fourth-order valence-electron chi connectivity index (χ4n) is 5.90. The largest absolute Gasteiger partial charge is 0.493 e. The number of benzene rings is 3. The van der Waals surface area contributed by atoms with Crippen molar-refractivity contribution in [2.24, 2.45) is 5.73 Å². The van der Waals surface area contributed by atoms with E-state index in [0.717, 1.165) is 53.6 Å². The van der Waals surface area contributed by atoms with Gasteiger partial charge in [-0.15, -0.1) is 0 Å². The summed E-state index contributed by atoms with van der Waals surface area (Å²) >= 11 is 0. The minimum absolute atomic E-state index is 0.0381. The molecule has 0 aliphatic rings. The van der Waals surface area contributed by atoms with E-state index in [-0.39, 0.29) is 18.3 Å². The molecule has 12 heteroatoms. The molecular weight excluding hydrogens is 739 g/mol. The zero-order valence-electron chi connectivity index (χ0n) is 34.0. The molecule has 58 heavy (non-hydrogen) atoms. The monoisotopic (exact) mass is 799 g/mol. The van der Waals surface area contributed by atoms with Crippen LogP contribution < -0.4 is 25.3 Å². The van der Waals surface area contributed by atoms with E-state index in [1.165, 1.54) is 7.11 Å². The minimum atomic E-state index is -0.310. The van der Waals surface area contributed by atoms with Gasteiger partial charge in [0.05, 0.1) is 59.1 Å². The number of aromatic nitrogens is 1. The number of nitrogens with two attached hydrogens (primary N) is 1. The molecule has 0 unspecified atom stereocenters. The van der Waals surface area contributed by atoms with Gasteiger partial charge in [0.15, 0.2) is 0 Å². The summed E-state index contributed by atoms with van der Waals surface area (Å²) in [6.45, 7) is 5.82. The number of pyridine rings is 1. The van der Waals surface area contributed by atoms with Crippen LogP contribution >= 0.6 is 0 Å². The number of esters is 1. The van der Waals surface area contributed by atoms with Gasteiger partial charge in [-0.2, -0.15) is 0 Å². The normalized spacial score (nSPS) is 10.9. The molecule has 4 rings (SSSR count). The lowest BCUT2D eigenvalue weighted by molar-refractivity contribution is -0.140. The number of amides is 1. The van der Waals surface area contributed by atoms with Crippen molar-refractivity contribution < 1.29 is 42.7 Å². The highest BCUT2D eigenvalue weighted by atomic mass is 16.5. The fraction of sp³-hybridized carbons (Fsp3) is 0.457. The summed E-state index contributed by atoms with van der Waals surface area (Å²) < 4.78 is 39.8. The van der Waals surface area contributed by atoms with Crippen molar-refractivity contribution in [1.29, 1.82) is 0 Å². The van der Waals surface area contributed by atoms with E-state index < -0.39 is 0 Å². The molecule has 314 valence electrons. The smallest absolute Gasteiger partial charge is 0.305 e. The van der Waals surface area contributed by atoms with Crippen LogP contribution in [0.5, 0.6) is 17.4 Å². The van der Waals surface area contributed by atoms with E-state index in [1.54, 1.807) is 0 Å². The Morgan fingerprint density at radius 2 is 1.19 bits per heavy atom. The third-order valence-corrected chi connectivity index (χ3v) is 9.00. The molecule has 3 aromatic carbocycles. The molecule has 1 aromatic heterocycles. The molecule has 4 aromatic rings. The molecule has 1 heterocycles. The first-order valence-corrected chi connectivity index (χ1v) is 20.5. The maximum atomic E-state index is 12.4. The Morgan fingerprint density at radius 3 is 1.84 bits per heavy atom. The third kappa shape index (κ3) is 18.1. The lowest BCUT2D eigenvalue weighted by Gasteiger charge is -2.16. The van der Waals surface area contributed by atoms with Crippen molar-refractivity contribution in [2.45, 2.75) is 57.8 Å². The molecule has 0 radical (unpaired) electrons. The Kier molecular flexibility index (Phi) is 22.4. The molecular formula is C46H61N3O9. The predicted octanol–water partition coefficient (Wildman–Crippen LogP) is 7.21. The summed E-state index contributed by atoms with van der Waals surface area (Å²) in [5.74, 6) is 1.56. The second kappa shape index (κ2) is 28.4. The standard InChI is InChI=1S/C46H61N3O9/c1-52-46(51)23-22-40-42(19-11-20-43(40)57-30-12-21-44(50)48-25-14-27-54-32-34-55-33-31-53-26-13-24-47)56-28-9-4-10-29-58-45-36-39(37-15-5-2-6-16-37)35-41(49-45)38-17-7-3-8-18-38/h2-3,5-8,11,15-20,35-36H,4,9-10,12-14,21-34,47H2,1H3,(H,48,50). The van der Waals surface area contributed by atoms with Gasteiger partial charge in [0.25, 0.3) is 0 Å². The topological polar surface area (TPSA) is 150 Å². The van der Waals surface area contributed by atoms with Crippen LogP contribution in [0, 0.1) is 0 Å². The van der Waals surface area contributed by atoms with Crippen LogP contribution in [0.2, 0.25) is 0 Å². The Labute approximate surface area is 343 Å². The highest BCUT2D eigenvalue weighted by molar-refractivity contribution is 5.75. The van der Waals surface area contributed by atoms with Gasteiger partial charge in [-0.1, -0.05) is 66.7 Å². The van der Waals surface area contributed by atoms with Crippen molar-refractivity contribution in [3.8, 4) is 39.8 Å². The minimum Gasteiger partial charge on any atom is -0.493 e. The molecule has 0 bridgehead atoms. The van der Waals surface area contributed by atoms with Crippen LogP contribution in [-0.2, 0) is 35.0 Å². The number of hydrogen-bond acceptors (Lipinski definition) is 11. The molecule has 0 aliphatic carbocycles. The average Bonchev–Trinajstić information content (AvgIpc) is 3.26. The number of ether oxygens (including phenoxy) is 7. The van der Waals surface area contributed by atoms with E-state index >= 15 is 0 Å². The summed E-state index contributed by atoms with van der Waals surface area (Å²) in [5, 5.41) is 2.93.